The molecule has 2 heterocycles. The Labute approximate surface area is 190 Å². The van der Waals surface area contributed by atoms with Crippen molar-refractivity contribution < 1.29 is 19.3 Å². The highest BCUT2D eigenvalue weighted by Crippen LogP contribution is 2.47. The summed E-state index contributed by atoms with van der Waals surface area (Å²) in [6, 6.07) is 7.76. The molecule has 3 amide bonds. The molecule has 5 rings (SSSR count). The molecular formula is C24H24N4O5. The molecule has 9 heteroatoms. The average molecular weight is 448 g/mol. The number of hydrogen-bond acceptors (Lipinski definition) is 6. The third-order valence-electron chi connectivity index (χ3n) is 7.10. The maximum absolute atomic E-state index is 13.2. The molecule has 2 N–H and O–H groups in total. The van der Waals surface area contributed by atoms with E-state index in [1.807, 2.05) is 0 Å². The molecule has 1 aromatic heterocycles. The van der Waals surface area contributed by atoms with Crippen LogP contribution in [0.1, 0.15) is 54.6 Å². The summed E-state index contributed by atoms with van der Waals surface area (Å²) in [6.45, 7) is 0. The summed E-state index contributed by atoms with van der Waals surface area (Å²) >= 11 is 0. The first-order valence-electron chi connectivity index (χ1n) is 11.3. The molecule has 0 bridgehead atoms. The summed E-state index contributed by atoms with van der Waals surface area (Å²) in [7, 11) is 0. The van der Waals surface area contributed by atoms with Gasteiger partial charge in [0, 0.05) is 29.9 Å². The van der Waals surface area contributed by atoms with Gasteiger partial charge < -0.3 is 5.32 Å². The minimum atomic E-state index is -1.16. The lowest BCUT2D eigenvalue weighted by molar-refractivity contribution is -0.384. The van der Waals surface area contributed by atoms with Crippen molar-refractivity contribution in [2.45, 2.75) is 56.8 Å². The van der Waals surface area contributed by atoms with E-state index in [2.05, 4.69) is 16.7 Å². The summed E-state index contributed by atoms with van der Waals surface area (Å²) in [6.07, 6.45) is 5.78. The Bertz CT molecular complexity index is 1190. The molecule has 170 valence electrons. The monoisotopic (exact) mass is 448 g/mol. The van der Waals surface area contributed by atoms with Gasteiger partial charge in [-0.1, -0.05) is 12.1 Å². The molecule has 9 nitrogen and oxygen atoms in total. The van der Waals surface area contributed by atoms with E-state index in [0.29, 0.717) is 12.1 Å². The molecule has 3 aliphatic rings. The molecule has 0 unspecified atom stereocenters. The molecule has 1 spiro atoms. The van der Waals surface area contributed by atoms with Crippen LogP contribution in [0.4, 0.5) is 11.4 Å². The van der Waals surface area contributed by atoms with E-state index in [1.165, 1.54) is 23.8 Å². The number of nitro groups is 1. The van der Waals surface area contributed by atoms with Gasteiger partial charge in [-0.3, -0.25) is 34.8 Å². The van der Waals surface area contributed by atoms with Gasteiger partial charge in [-0.25, -0.2) is 0 Å². The van der Waals surface area contributed by atoms with Gasteiger partial charge in [-0.15, -0.1) is 0 Å². The van der Waals surface area contributed by atoms with Crippen molar-refractivity contribution in [3.63, 3.8) is 0 Å². The number of imide groups is 1. The molecule has 2 aliphatic carbocycles. The number of carbonyl (C=O) groups excluding carboxylic acids is 3. The Morgan fingerprint density at radius 2 is 1.94 bits per heavy atom. The van der Waals surface area contributed by atoms with Crippen molar-refractivity contribution in [1.29, 1.82) is 0 Å². The predicted molar refractivity (Wildman–Crippen MR) is 118 cm³/mol. The molecule has 0 radical (unpaired) electrons. The highest BCUT2D eigenvalue weighted by atomic mass is 16.6. The zero-order chi connectivity index (χ0) is 23.2. The normalized spacial score (nSPS) is 23.6. The van der Waals surface area contributed by atoms with Crippen molar-refractivity contribution in [3.05, 3.63) is 63.0 Å². The molecule has 0 saturated carbocycles. The number of aryl methyl sites for hydroxylation is 3. The summed E-state index contributed by atoms with van der Waals surface area (Å²) < 4.78 is 0. The lowest BCUT2D eigenvalue weighted by Crippen LogP contribution is -2.45. The van der Waals surface area contributed by atoms with Gasteiger partial charge in [0.1, 0.15) is 5.41 Å². The van der Waals surface area contributed by atoms with Crippen LogP contribution in [0.15, 0.2) is 30.3 Å². The molecule has 33 heavy (non-hydrogen) atoms. The SMILES string of the molecule is O=C(C[C@H]1C(=O)NC(=O)[C@]12CCCc1cc3c(nc12)CCCC3)Nc1cccc([N+](=O)[O-])c1. The number of non-ortho nitro benzene ring substituents is 1. The van der Waals surface area contributed by atoms with Crippen LogP contribution in [0.3, 0.4) is 0 Å². The maximum atomic E-state index is 13.2. The first-order valence-corrected chi connectivity index (χ1v) is 11.3. The fourth-order valence-electron chi connectivity index (χ4n) is 5.55. The highest BCUT2D eigenvalue weighted by Gasteiger charge is 2.59. The topological polar surface area (TPSA) is 131 Å². The second-order valence-electron chi connectivity index (χ2n) is 9.06. The van der Waals surface area contributed by atoms with Crippen molar-refractivity contribution in [2.75, 3.05) is 5.32 Å². The van der Waals surface area contributed by atoms with Crippen LogP contribution in [0.2, 0.25) is 0 Å². The highest BCUT2D eigenvalue weighted by molar-refractivity contribution is 6.12. The number of hydrogen-bond donors (Lipinski definition) is 2. The van der Waals surface area contributed by atoms with Crippen LogP contribution in [-0.4, -0.2) is 27.6 Å². The molecular weight excluding hydrogens is 424 g/mol. The first kappa shape index (κ1) is 21.2. The van der Waals surface area contributed by atoms with Crippen molar-refractivity contribution >= 4 is 29.1 Å². The van der Waals surface area contributed by atoms with E-state index in [9.17, 15) is 24.5 Å². The van der Waals surface area contributed by atoms with E-state index in [0.717, 1.165) is 49.8 Å². The second kappa shape index (κ2) is 8.06. The van der Waals surface area contributed by atoms with E-state index >= 15 is 0 Å². The maximum Gasteiger partial charge on any atom is 0.271 e. The van der Waals surface area contributed by atoms with Crippen molar-refractivity contribution in [1.82, 2.24) is 10.3 Å². The number of fused-ring (bicyclic) bond motifs is 3. The number of pyridine rings is 1. The Balaban J connectivity index is 1.47. The van der Waals surface area contributed by atoms with E-state index in [4.69, 9.17) is 4.98 Å². The largest absolute Gasteiger partial charge is 0.326 e. The zero-order valence-corrected chi connectivity index (χ0v) is 18.1. The van der Waals surface area contributed by atoms with E-state index in [1.54, 1.807) is 6.07 Å². The van der Waals surface area contributed by atoms with Gasteiger partial charge in [-0.05, 0) is 62.1 Å². The van der Waals surface area contributed by atoms with Crippen LogP contribution >= 0.6 is 0 Å². The van der Waals surface area contributed by atoms with Crippen LogP contribution in [-0.2, 0) is 39.1 Å². The number of aromatic nitrogens is 1. The fourth-order valence-corrected chi connectivity index (χ4v) is 5.55. The number of nitrogens with one attached hydrogen (secondary N) is 2. The molecule has 1 aliphatic heterocycles. The summed E-state index contributed by atoms with van der Waals surface area (Å²) in [5, 5.41) is 16.1. The van der Waals surface area contributed by atoms with Gasteiger partial charge in [0.15, 0.2) is 0 Å². The van der Waals surface area contributed by atoms with Crippen LogP contribution in [0.5, 0.6) is 0 Å². The molecule has 1 aromatic carbocycles. The number of nitro benzene ring substituents is 1. The van der Waals surface area contributed by atoms with Gasteiger partial charge in [0.25, 0.3) is 5.69 Å². The minimum Gasteiger partial charge on any atom is -0.326 e. The van der Waals surface area contributed by atoms with Gasteiger partial charge >= 0.3 is 0 Å². The van der Waals surface area contributed by atoms with E-state index < -0.39 is 28.1 Å². The van der Waals surface area contributed by atoms with Crippen molar-refractivity contribution in [3.8, 4) is 0 Å². The minimum absolute atomic E-state index is 0.145. The van der Waals surface area contributed by atoms with Gasteiger partial charge in [-0.2, -0.15) is 0 Å². The molecule has 2 atom stereocenters. The number of anilines is 1. The zero-order valence-electron chi connectivity index (χ0n) is 18.1. The number of nitrogens with zero attached hydrogens (tertiary/aromatic N) is 2. The van der Waals surface area contributed by atoms with E-state index in [-0.39, 0.29) is 23.7 Å². The smallest absolute Gasteiger partial charge is 0.271 e. The van der Waals surface area contributed by atoms with Gasteiger partial charge in [0.05, 0.1) is 16.5 Å². The Morgan fingerprint density at radius 3 is 2.76 bits per heavy atom. The van der Waals surface area contributed by atoms with Gasteiger partial charge in [0.2, 0.25) is 17.7 Å². The summed E-state index contributed by atoms with van der Waals surface area (Å²) in [5.41, 5.74) is 2.83. The third kappa shape index (κ3) is 3.57. The van der Waals surface area contributed by atoms with Crippen LogP contribution < -0.4 is 10.6 Å². The summed E-state index contributed by atoms with van der Waals surface area (Å²) in [4.78, 5) is 54.3. The number of benzene rings is 1. The second-order valence-corrected chi connectivity index (χ2v) is 9.06. The lowest BCUT2D eigenvalue weighted by Gasteiger charge is -2.37. The Kier molecular flexibility index (Phi) is 5.19. The fraction of sp³-hybridized carbons (Fsp3) is 0.417. The molecule has 2 aromatic rings. The summed E-state index contributed by atoms with van der Waals surface area (Å²) in [5.74, 6) is -2.21. The molecule has 1 fully saturated rings. The number of carbonyl (C=O) groups is 3. The Hall–Kier alpha value is -3.62. The van der Waals surface area contributed by atoms with Crippen LogP contribution in [0.25, 0.3) is 0 Å². The third-order valence-corrected chi connectivity index (χ3v) is 7.10. The number of rotatable bonds is 4. The van der Waals surface area contributed by atoms with Crippen LogP contribution in [0, 0.1) is 16.0 Å². The average Bonchev–Trinajstić information content (AvgIpc) is 3.02. The quantitative estimate of drug-likeness (QED) is 0.420. The Morgan fingerprint density at radius 1 is 1.15 bits per heavy atom. The van der Waals surface area contributed by atoms with Crippen molar-refractivity contribution in [2.24, 2.45) is 5.92 Å². The standard InChI is InChI=1S/C24H24N4O5/c29-20(25-16-7-3-8-17(12-16)28(32)33)13-18-22(30)27-23(31)24(18)10-4-6-15-11-14-5-1-2-9-19(14)26-21(15)24/h3,7-8,11-12,18H,1-2,4-6,9-10,13H2,(H,25,29)(H,27,30,31)/t18-,24+/m0/s1. The lowest BCUT2D eigenvalue weighted by atomic mass is 9.64. The predicted octanol–water partition coefficient (Wildman–Crippen LogP) is 2.74. The number of amides is 3. The molecule has 1 saturated heterocycles. The first-order chi connectivity index (χ1) is 15.9.